The second-order valence-electron chi connectivity index (χ2n) is 2.64. The number of nitrogens with zero attached hydrogens (tertiary/aromatic N) is 1. The Bertz CT molecular complexity index is 266. The van der Waals surface area contributed by atoms with Crippen LogP contribution >= 0.6 is 0 Å². The second-order valence-corrected chi connectivity index (χ2v) is 2.64. The Balaban J connectivity index is 2.77. The molecule has 1 heterocycles. The van der Waals surface area contributed by atoms with E-state index in [1.807, 2.05) is 0 Å². The van der Waals surface area contributed by atoms with Crippen molar-refractivity contribution < 1.29 is 9.84 Å². The summed E-state index contributed by atoms with van der Waals surface area (Å²) in [5, 5.41) is 8.82. The molecule has 0 saturated heterocycles. The molecule has 0 aromatic carbocycles. The summed E-state index contributed by atoms with van der Waals surface area (Å²) in [5.74, 6) is 0.536. The summed E-state index contributed by atoms with van der Waals surface area (Å²) in [6.45, 7) is 7.67. The highest BCUT2D eigenvalue weighted by molar-refractivity contribution is 5.97. The summed E-state index contributed by atoms with van der Waals surface area (Å²) in [6, 6.07) is -0.136. The first-order chi connectivity index (χ1) is 6.31. The maximum Gasteiger partial charge on any atom is 0.216 e. The van der Waals surface area contributed by atoms with Gasteiger partial charge in [-0.2, -0.15) is 0 Å². The van der Waals surface area contributed by atoms with Crippen molar-refractivity contribution in [1.29, 1.82) is 0 Å². The Morgan fingerprint density at radius 3 is 2.92 bits per heavy atom. The lowest BCUT2D eigenvalue weighted by molar-refractivity contribution is 0.227. The molecule has 0 radical (unpaired) electrons. The van der Waals surface area contributed by atoms with Crippen molar-refractivity contribution in [3.05, 3.63) is 37.0 Å². The molecule has 0 bridgehead atoms. The van der Waals surface area contributed by atoms with Crippen molar-refractivity contribution in [3.8, 4) is 0 Å². The van der Waals surface area contributed by atoms with E-state index >= 15 is 0 Å². The van der Waals surface area contributed by atoms with Crippen molar-refractivity contribution >= 4 is 5.90 Å². The Labute approximate surface area is 77.8 Å². The van der Waals surface area contributed by atoms with Crippen molar-refractivity contribution in [2.24, 2.45) is 4.99 Å². The van der Waals surface area contributed by atoms with E-state index in [4.69, 9.17) is 9.84 Å². The summed E-state index contributed by atoms with van der Waals surface area (Å²) in [6.07, 6.45) is 5.07. The van der Waals surface area contributed by atoms with Crippen LogP contribution in [0.2, 0.25) is 0 Å². The van der Waals surface area contributed by atoms with Gasteiger partial charge in [-0.15, -0.1) is 0 Å². The highest BCUT2D eigenvalue weighted by Crippen LogP contribution is 2.11. The minimum absolute atomic E-state index is 0.0159. The van der Waals surface area contributed by atoms with E-state index in [0.717, 1.165) is 5.57 Å². The normalized spacial score (nSPS) is 22.1. The van der Waals surface area contributed by atoms with E-state index in [0.29, 0.717) is 12.5 Å². The number of aliphatic hydroxyl groups is 1. The SMILES string of the molecule is C=C/C=C(\C=C)C1=NC(CO)CO1. The average molecular weight is 179 g/mol. The van der Waals surface area contributed by atoms with Gasteiger partial charge in [0.2, 0.25) is 5.90 Å². The number of hydrogen-bond acceptors (Lipinski definition) is 3. The number of aliphatic hydroxyl groups excluding tert-OH is 1. The molecular weight excluding hydrogens is 166 g/mol. The number of rotatable bonds is 4. The fourth-order valence-electron chi connectivity index (χ4n) is 1.02. The van der Waals surface area contributed by atoms with Gasteiger partial charge in [0.25, 0.3) is 0 Å². The Kier molecular flexibility index (Phi) is 3.46. The molecule has 1 unspecified atom stereocenters. The molecule has 1 rings (SSSR count). The smallest absolute Gasteiger partial charge is 0.216 e. The highest BCUT2D eigenvalue weighted by Gasteiger charge is 2.18. The molecule has 0 spiro atoms. The van der Waals surface area contributed by atoms with Crippen LogP contribution in [0.15, 0.2) is 42.0 Å². The first-order valence-corrected chi connectivity index (χ1v) is 4.08. The quantitative estimate of drug-likeness (QED) is 0.656. The summed E-state index contributed by atoms with van der Waals surface area (Å²) >= 11 is 0. The maximum atomic E-state index is 8.82. The lowest BCUT2D eigenvalue weighted by Crippen LogP contribution is -2.10. The van der Waals surface area contributed by atoms with E-state index < -0.39 is 0 Å². The number of hydrogen-bond donors (Lipinski definition) is 1. The second kappa shape index (κ2) is 4.62. The first kappa shape index (κ1) is 9.74. The van der Waals surface area contributed by atoms with Gasteiger partial charge in [0.15, 0.2) is 0 Å². The Morgan fingerprint density at radius 1 is 1.69 bits per heavy atom. The minimum atomic E-state index is -0.136. The average Bonchev–Trinajstić information content (AvgIpc) is 2.62. The van der Waals surface area contributed by atoms with E-state index in [9.17, 15) is 0 Å². The zero-order chi connectivity index (χ0) is 9.68. The highest BCUT2D eigenvalue weighted by atomic mass is 16.5. The van der Waals surface area contributed by atoms with Gasteiger partial charge < -0.3 is 9.84 Å². The van der Waals surface area contributed by atoms with Gasteiger partial charge in [0.05, 0.1) is 6.61 Å². The van der Waals surface area contributed by atoms with Gasteiger partial charge in [-0.1, -0.05) is 31.4 Å². The monoisotopic (exact) mass is 179 g/mol. The molecule has 0 aliphatic carbocycles. The lowest BCUT2D eigenvalue weighted by Gasteiger charge is -1.99. The predicted molar refractivity (Wildman–Crippen MR) is 52.7 cm³/mol. The summed E-state index contributed by atoms with van der Waals surface area (Å²) in [4.78, 5) is 4.15. The molecule has 3 nitrogen and oxygen atoms in total. The van der Waals surface area contributed by atoms with E-state index in [-0.39, 0.29) is 12.6 Å². The molecule has 70 valence electrons. The summed E-state index contributed by atoms with van der Waals surface area (Å²) in [7, 11) is 0. The molecule has 1 aliphatic rings. The molecule has 1 N–H and O–H groups in total. The molecule has 0 aromatic rings. The fraction of sp³-hybridized carbons (Fsp3) is 0.300. The molecular formula is C10H13NO2. The van der Waals surface area contributed by atoms with Crippen LogP contribution < -0.4 is 0 Å². The van der Waals surface area contributed by atoms with Gasteiger partial charge >= 0.3 is 0 Å². The van der Waals surface area contributed by atoms with Crippen LogP contribution in [-0.2, 0) is 4.74 Å². The van der Waals surface area contributed by atoms with Crippen molar-refractivity contribution in [2.45, 2.75) is 6.04 Å². The van der Waals surface area contributed by atoms with Crippen molar-refractivity contribution in [2.75, 3.05) is 13.2 Å². The molecule has 0 aromatic heterocycles. The molecule has 0 fully saturated rings. The van der Waals surface area contributed by atoms with Crippen LogP contribution in [0.25, 0.3) is 0 Å². The molecule has 0 amide bonds. The largest absolute Gasteiger partial charge is 0.475 e. The lowest BCUT2D eigenvalue weighted by atomic mass is 10.2. The third-order valence-electron chi connectivity index (χ3n) is 1.69. The van der Waals surface area contributed by atoms with Gasteiger partial charge in [-0.05, 0) is 0 Å². The molecule has 0 saturated carbocycles. The molecule has 1 aliphatic heterocycles. The van der Waals surface area contributed by atoms with E-state index in [1.54, 1.807) is 18.2 Å². The van der Waals surface area contributed by atoms with Crippen LogP contribution in [-0.4, -0.2) is 30.3 Å². The van der Waals surface area contributed by atoms with E-state index in [2.05, 4.69) is 18.2 Å². The number of aliphatic imine (C=N–C) groups is 1. The Hall–Kier alpha value is -1.35. The van der Waals surface area contributed by atoms with Crippen LogP contribution in [0, 0.1) is 0 Å². The summed E-state index contributed by atoms with van der Waals surface area (Å²) < 4.78 is 5.26. The molecule has 3 heteroatoms. The van der Waals surface area contributed by atoms with Crippen molar-refractivity contribution in [3.63, 3.8) is 0 Å². The van der Waals surface area contributed by atoms with Gasteiger partial charge in [0.1, 0.15) is 12.6 Å². The van der Waals surface area contributed by atoms with Crippen LogP contribution in [0.1, 0.15) is 0 Å². The van der Waals surface area contributed by atoms with Crippen LogP contribution in [0.4, 0.5) is 0 Å². The van der Waals surface area contributed by atoms with Crippen LogP contribution in [0.3, 0.4) is 0 Å². The number of ether oxygens (including phenoxy) is 1. The fourth-order valence-corrected chi connectivity index (χ4v) is 1.02. The standard InChI is InChI=1S/C10H13NO2/c1-3-5-8(4-2)10-11-9(6-12)7-13-10/h3-5,9,12H,1-2,6-7H2/b8-5+. The maximum absolute atomic E-state index is 8.82. The summed E-state index contributed by atoms with van der Waals surface area (Å²) in [5.41, 5.74) is 0.797. The number of allylic oxidation sites excluding steroid dienone is 2. The third-order valence-corrected chi connectivity index (χ3v) is 1.69. The molecule has 1 atom stereocenters. The van der Waals surface area contributed by atoms with E-state index in [1.165, 1.54) is 0 Å². The zero-order valence-corrected chi connectivity index (χ0v) is 7.44. The first-order valence-electron chi connectivity index (χ1n) is 4.08. The topological polar surface area (TPSA) is 41.8 Å². The van der Waals surface area contributed by atoms with Gasteiger partial charge in [-0.25, -0.2) is 4.99 Å². The Morgan fingerprint density at radius 2 is 2.46 bits per heavy atom. The van der Waals surface area contributed by atoms with Gasteiger partial charge in [-0.3, -0.25) is 0 Å². The third kappa shape index (κ3) is 2.29. The zero-order valence-electron chi connectivity index (χ0n) is 7.44. The minimum Gasteiger partial charge on any atom is -0.475 e. The molecule has 13 heavy (non-hydrogen) atoms. The van der Waals surface area contributed by atoms with Gasteiger partial charge in [0, 0.05) is 5.57 Å². The van der Waals surface area contributed by atoms with Crippen molar-refractivity contribution in [1.82, 2.24) is 0 Å². The van der Waals surface area contributed by atoms with Crippen LogP contribution in [0.5, 0.6) is 0 Å². The predicted octanol–water partition coefficient (Wildman–Crippen LogP) is 1.07.